The van der Waals surface area contributed by atoms with E-state index in [-0.39, 0.29) is 17.7 Å². The van der Waals surface area contributed by atoms with Crippen LogP contribution in [0.1, 0.15) is 46.5 Å². The molecule has 1 aromatic rings. The highest BCUT2D eigenvalue weighted by Crippen LogP contribution is 2.34. The molecule has 0 aliphatic heterocycles. The van der Waals surface area contributed by atoms with Gasteiger partial charge in [-0.3, -0.25) is 9.59 Å². The van der Waals surface area contributed by atoms with Gasteiger partial charge in [0.2, 0.25) is 11.8 Å². The second-order valence-electron chi connectivity index (χ2n) is 6.46. The van der Waals surface area contributed by atoms with E-state index in [1.807, 2.05) is 37.7 Å². The SMILES string of the molecule is CC(=O)N[C@H](C(=O)Nc1ccc(SC2CCCC2)cc1)C(C)C. The van der Waals surface area contributed by atoms with Crippen molar-refractivity contribution in [3.8, 4) is 0 Å². The number of carbonyl (C=O) groups is 2. The Bertz CT molecular complexity index is 536. The summed E-state index contributed by atoms with van der Waals surface area (Å²) in [5.41, 5.74) is 0.766. The summed E-state index contributed by atoms with van der Waals surface area (Å²) in [5.74, 6) is -0.329. The van der Waals surface area contributed by atoms with Gasteiger partial charge in [-0.15, -0.1) is 11.8 Å². The van der Waals surface area contributed by atoms with Gasteiger partial charge in [0.1, 0.15) is 6.04 Å². The lowest BCUT2D eigenvalue weighted by Crippen LogP contribution is -2.46. The first-order valence-electron chi connectivity index (χ1n) is 8.30. The predicted octanol–water partition coefficient (Wildman–Crippen LogP) is 3.82. The molecule has 0 bridgehead atoms. The molecule has 0 saturated heterocycles. The summed E-state index contributed by atoms with van der Waals surface area (Å²) >= 11 is 1.93. The fraction of sp³-hybridized carbons (Fsp3) is 0.556. The summed E-state index contributed by atoms with van der Waals surface area (Å²) in [7, 11) is 0. The van der Waals surface area contributed by atoms with Crippen LogP contribution in [-0.2, 0) is 9.59 Å². The molecule has 1 saturated carbocycles. The van der Waals surface area contributed by atoms with Gasteiger partial charge in [-0.1, -0.05) is 26.7 Å². The highest BCUT2D eigenvalue weighted by atomic mass is 32.2. The van der Waals surface area contributed by atoms with Gasteiger partial charge in [0.15, 0.2) is 0 Å². The molecule has 0 radical (unpaired) electrons. The number of rotatable bonds is 6. The second-order valence-corrected chi connectivity index (χ2v) is 7.83. The Kier molecular flexibility index (Phi) is 6.51. The van der Waals surface area contributed by atoms with Crippen LogP contribution in [0.25, 0.3) is 0 Å². The first-order valence-corrected chi connectivity index (χ1v) is 9.18. The number of thioether (sulfide) groups is 1. The Labute approximate surface area is 142 Å². The van der Waals surface area contributed by atoms with Crippen molar-refractivity contribution in [2.24, 2.45) is 5.92 Å². The maximum atomic E-state index is 12.3. The number of amides is 2. The normalized spacial score (nSPS) is 16.3. The van der Waals surface area contributed by atoms with Gasteiger partial charge in [-0.25, -0.2) is 0 Å². The maximum Gasteiger partial charge on any atom is 0.247 e. The fourth-order valence-corrected chi connectivity index (χ4v) is 4.04. The Morgan fingerprint density at radius 3 is 2.26 bits per heavy atom. The zero-order valence-corrected chi connectivity index (χ0v) is 14.9. The van der Waals surface area contributed by atoms with Crippen LogP contribution in [0.3, 0.4) is 0 Å². The molecule has 4 nitrogen and oxygen atoms in total. The highest BCUT2D eigenvalue weighted by molar-refractivity contribution is 8.00. The van der Waals surface area contributed by atoms with Crippen LogP contribution in [-0.4, -0.2) is 23.1 Å². The van der Waals surface area contributed by atoms with Crippen molar-refractivity contribution in [2.45, 2.75) is 62.6 Å². The quantitative estimate of drug-likeness (QED) is 0.831. The van der Waals surface area contributed by atoms with Crippen LogP contribution < -0.4 is 10.6 Å². The van der Waals surface area contributed by atoms with E-state index in [0.717, 1.165) is 10.9 Å². The summed E-state index contributed by atoms with van der Waals surface area (Å²) < 4.78 is 0. The third kappa shape index (κ3) is 5.57. The molecule has 1 aliphatic rings. The Hall–Kier alpha value is -1.49. The third-order valence-electron chi connectivity index (χ3n) is 4.03. The van der Waals surface area contributed by atoms with E-state index in [2.05, 4.69) is 22.8 Å². The molecule has 0 spiro atoms. The van der Waals surface area contributed by atoms with Gasteiger partial charge in [-0.05, 0) is 43.0 Å². The molecule has 23 heavy (non-hydrogen) atoms. The zero-order chi connectivity index (χ0) is 16.8. The summed E-state index contributed by atoms with van der Waals surface area (Å²) in [6.45, 7) is 5.26. The van der Waals surface area contributed by atoms with E-state index in [1.165, 1.54) is 37.5 Å². The number of hydrogen-bond donors (Lipinski definition) is 2. The van der Waals surface area contributed by atoms with Crippen molar-refractivity contribution >= 4 is 29.3 Å². The fourth-order valence-electron chi connectivity index (χ4n) is 2.79. The summed E-state index contributed by atoms with van der Waals surface area (Å²) in [6, 6.07) is 7.46. The summed E-state index contributed by atoms with van der Waals surface area (Å²) in [5, 5.41) is 6.33. The van der Waals surface area contributed by atoms with Crippen molar-refractivity contribution < 1.29 is 9.59 Å². The molecule has 1 aromatic carbocycles. The Morgan fingerprint density at radius 2 is 1.74 bits per heavy atom. The molecule has 2 rings (SSSR count). The number of benzene rings is 1. The third-order valence-corrected chi connectivity index (χ3v) is 5.38. The van der Waals surface area contributed by atoms with Crippen molar-refractivity contribution in [3.63, 3.8) is 0 Å². The molecule has 1 aliphatic carbocycles. The second kappa shape index (κ2) is 8.39. The van der Waals surface area contributed by atoms with E-state index < -0.39 is 6.04 Å². The molecule has 1 atom stereocenters. The summed E-state index contributed by atoms with van der Waals surface area (Å²) in [6.07, 6.45) is 5.28. The molecule has 0 unspecified atom stereocenters. The van der Waals surface area contributed by atoms with Gasteiger partial charge in [0.25, 0.3) is 0 Å². The number of carbonyl (C=O) groups excluding carboxylic acids is 2. The van der Waals surface area contributed by atoms with Gasteiger partial charge in [0.05, 0.1) is 0 Å². The monoisotopic (exact) mass is 334 g/mol. The van der Waals surface area contributed by atoms with E-state index in [0.29, 0.717) is 0 Å². The van der Waals surface area contributed by atoms with Crippen LogP contribution in [0.2, 0.25) is 0 Å². The minimum atomic E-state index is -0.514. The molecule has 5 heteroatoms. The average Bonchev–Trinajstić information content (AvgIpc) is 2.99. The predicted molar refractivity (Wildman–Crippen MR) is 95.6 cm³/mol. The lowest BCUT2D eigenvalue weighted by atomic mass is 10.0. The smallest absolute Gasteiger partial charge is 0.247 e. The van der Waals surface area contributed by atoms with Gasteiger partial charge >= 0.3 is 0 Å². The zero-order valence-electron chi connectivity index (χ0n) is 14.1. The van der Waals surface area contributed by atoms with Gasteiger partial charge in [0, 0.05) is 22.8 Å². The molecule has 126 valence electrons. The minimum Gasteiger partial charge on any atom is -0.344 e. The Morgan fingerprint density at radius 1 is 1.13 bits per heavy atom. The van der Waals surface area contributed by atoms with Gasteiger partial charge in [-0.2, -0.15) is 0 Å². The van der Waals surface area contributed by atoms with E-state index in [1.54, 1.807) is 0 Å². The molecule has 0 heterocycles. The van der Waals surface area contributed by atoms with Crippen LogP contribution in [0, 0.1) is 5.92 Å². The summed E-state index contributed by atoms with van der Waals surface area (Å²) in [4.78, 5) is 24.8. The topological polar surface area (TPSA) is 58.2 Å². The van der Waals surface area contributed by atoms with Crippen LogP contribution in [0.5, 0.6) is 0 Å². The van der Waals surface area contributed by atoms with E-state index >= 15 is 0 Å². The van der Waals surface area contributed by atoms with Crippen molar-refractivity contribution in [2.75, 3.05) is 5.32 Å². The molecule has 0 aromatic heterocycles. The molecule has 2 amide bonds. The lowest BCUT2D eigenvalue weighted by Gasteiger charge is -2.21. The highest BCUT2D eigenvalue weighted by Gasteiger charge is 2.23. The van der Waals surface area contributed by atoms with Crippen molar-refractivity contribution in [1.82, 2.24) is 5.32 Å². The standard InChI is InChI=1S/C18H26N2O2S/c1-12(2)17(19-13(3)21)18(22)20-14-8-10-16(11-9-14)23-15-6-4-5-7-15/h8-12,15,17H,4-7H2,1-3H3,(H,19,21)(H,20,22)/t17-/m0/s1. The van der Waals surface area contributed by atoms with Crippen LogP contribution in [0.4, 0.5) is 5.69 Å². The molecule has 1 fully saturated rings. The van der Waals surface area contributed by atoms with E-state index in [9.17, 15) is 9.59 Å². The number of hydrogen-bond acceptors (Lipinski definition) is 3. The largest absolute Gasteiger partial charge is 0.344 e. The van der Waals surface area contributed by atoms with Crippen molar-refractivity contribution in [3.05, 3.63) is 24.3 Å². The Balaban J connectivity index is 1.93. The number of anilines is 1. The lowest BCUT2D eigenvalue weighted by molar-refractivity contribution is -0.126. The van der Waals surface area contributed by atoms with Gasteiger partial charge < -0.3 is 10.6 Å². The first-order chi connectivity index (χ1) is 11.0. The minimum absolute atomic E-state index is 0.0381. The van der Waals surface area contributed by atoms with Crippen molar-refractivity contribution in [1.29, 1.82) is 0 Å². The molecule has 2 N–H and O–H groups in total. The number of nitrogens with one attached hydrogen (secondary N) is 2. The van der Waals surface area contributed by atoms with E-state index in [4.69, 9.17) is 0 Å². The molecular weight excluding hydrogens is 308 g/mol. The molecular formula is C18H26N2O2S. The first kappa shape index (κ1) is 17.9. The average molecular weight is 334 g/mol. The maximum absolute atomic E-state index is 12.3. The van der Waals surface area contributed by atoms with Crippen LogP contribution in [0.15, 0.2) is 29.2 Å². The van der Waals surface area contributed by atoms with Crippen LogP contribution >= 0.6 is 11.8 Å².